The molecule has 0 aliphatic carbocycles. The zero-order valence-corrected chi connectivity index (χ0v) is 25.8. The first-order chi connectivity index (χ1) is 19.8. The highest BCUT2D eigenvalue weighted by atomic mass is 16.5. The van der Waals surface area contributed by atoms with E-state index in [9.17, 15) is 15.8 Å². The van der Waals surface area contributed by atoms with Crippen molar-refractivity contribution in [2.24, 2.45) is 10.8 Å². The molecule has 1 heterocycles. The van der Waals surface area contributed by atoms with Gasteiger partial charge in [-0.25, -0.2) is 0 Å². The van der Waals surface area contributed by atoms with E-state index < -0.39 is 0 Å². The number of benzene rings is 2. The van der Waals surface area contributed by atoms with Crippen LogP contribution in [-0.4, -0.2) is 14.1 Å². The average Bonchev–Trinajstić information content (AvgIpc) is 2.95. The Kier molecular flexibility index (Phi) is 9.80. The predicted octanol–water partition coefficient (Wildman–Crippen LogP) is 8.90. The second kappa shape index (κ2) is 13.1. The van der Waals surface area contributed by atoms with E-state index in [4.69, 9.17) is 4.74 Å². The van der Waals surface area contributed by atoms with Crippen LogP contribution in [0.1, 0.15) is 52.7 Å². The largest absolute Gasteiger partial charge is 0.465 e. The van der Waals surface area contributed by atoms with Gasteiger partial charge >= 0.3 is 0 Å². The fraction of sp³-hybridized carbons (Fsp3) is 0.270. The third-order valence-corrected chi connectivity index (χ3v) is 6.69. The first-order valence-corrected chi connectivity index (χ1v) is 13.8. The highest BCUT2D eigenvalue weighted by Gasteiger charge is 2.29. The van der Waals surface area contributed by atoms with Gasteiger partial charge in [-0.15, -0.1) is 0 Å². The lowest BCUT2D eigenvalue weighted by molar-refractivity contribution is 0.161. The molecule has 0 fully saturated rings. The molecule has 0 saturated carbocycles. The van der Waals surface area contributed by atoms with Crippen LogP contribution in [0.2, 0.25) is 0 Å². The Labute approximate surface area is 251 Å². The summed E-state index contributed by atoms with van der Waals surface area (Å²) in [5.41, 5.74) is 4.51. The molecule has 0 spiro atoms. The van der Waals surface area contributed by atoms with Crippen molar-refractivity contribution in [3.8, 4) is 18.2 Å². The summed E-state index contributed by atoms with van der Waals surface area (Å²) in [5.74, 6) is 1.75. The van der Waals surface area contributed by atoms with Gasteiger partial charge in [-0.2, -0.15) is 15.8 Å². The summed E-state index contributed by atoms with van der Waals surface area (Å²) in [6.07, 6.45) is 9.76. The second-order valence-corrected chi connectivity index (χ2v) is 12.4. The van der Waals surface area contributed by atoms with Gasteiger partial charge in [0.2, 0.25) is 0 Å². The normalized spacial score (nSPS) is 13.9. The standard InChI is InChI=1S/C37H38N4O/c1-36(2,3)33-21-26(22-34(42-33)37(4,5)6)20-29(27-16-18-32(19-17-27)41(7)8)14-15-30(23-38)35(31(24-39)25-40)28-12-10-9-11-13-28/h9-22H,1-8H3/b29-14+,30-15+. The van der Waals surface area contributed by atoms with Crippen LogP contribution in [0.3, 0.4) is 0 Å². The molecule has 5 nitrogen and oxygen atoms in total. The number of allylic oxidation sites excluding steroid dienone is 12. The predicted molar refractivity (Wildman–Crippen MR) is 171 cm³/mol. The minimum atomic E-state index is -0.199. The smallest absolute Gasteiger partial charge is 0.138 e. The van der Waals surface area contributed by atoms with E-state index in [1.807, 2.05) is 79.7 Å². The van der Waals surface area contributed by atoms with Gasteiger partial charge in [0.15, 0.2) is 0 Å². The van der Waals surface area contributed by atoms with Gasteiger partial charge in [0.1, 0.15) is 29.2 Å². The number of hydrogen-bond donors (Lipinski definition) is 0. The maximum atomic E-state index is 10.2. The van der Waals surface area contributed by atoms with Crippen molar-refractivity contribution in [2.75, 3.05) is 19.0 Å². The van der Waals surface area contributed by atoms with E-state index in [1.165, 1.54) is 0 Å². The minimum absolute atomic E-state index is 0.113. The van der Waals surface area contributed by atoms with E-state index in [1.54, 1.807) is 18.2 Å². The summed E-state index contributed by atoms with van der Waals surface area (Å²) in [4.78, 5) is 2.04. The third kappa shape index (κ3) is 7.78. The summed E-state index contributed by atoms with van der Waals surface area (Å²) in [6, 6.07) is 23.4. The molecule has 0 aromatic heterocycles. The highest BCUT2D eigenvalue weighted by Crippen LogP contribution is 2.39. The Morgan fingerprint density at radius 3 is 1.71 bits per heavy atom. The van der Waals surface area contributed by atoms with E-state index in [2.05, 4.69) is 65.8 Å². The fourth-order valence-corrected chi connectivity index (χ4v) is 4.23. The van der Waals surface area contributed by atoms with Crippen LogP contribution in [0.15, 0.2) is 113 Å². The number of nitriles is 3. The van der Waals surface area contributed by atoms with Gasteiger partial charge < -0.3 is 9.64 Å². The number of nitrogens with zero attached hydrogens (tertiary/aromatic N) is 4. The van der Waals surface area contributed by atoms with E-state index >= 15 is 0 Å². The molecule has 2 aromatic carbocycles. The molecule has 212 valence electrons. The number of ether oxygens (including phenoxy) is 1. The molecule has 0 N–H and O–H groups in total. The zero-order valence-electron chi connectivity index (χ0n) is 25.8. The molecule has 0 saturated heterocycles. The topological polar surface area (TPSA) is 83.8 Å². The maximum absolute atomic E-state index is 10.2. The zero-order chi connectivity index (χ0) is 31.1. The molecule has 0 radical (unpaired) electrons. The van der Waals surface area contributed by atoms with Gasteiger partial charge in [0.05, 0.1) is 11.6 Å². The molecule has 3 rings (SSSR count). The van der Waals surface area contributed by atoms with Crippen molar-refractivity contribution in [1.82, 2.24) is 0 Å². The summed E-state index contributed by atoms with van der Waals surface area (Å²) in [7, 11) is 3.99. The summed E-state index contributed by atoms with van der Waals surface area (Å²) in [5, 5.41) is 29.6. The summed E-state index contributed by atoms with van der Waals surface area (Å²) >= 11 is 0. The molecule has 1 aliphatic heterocycles. The lowest BCUT2D eigenvalue weighted by Crippen LogP contribution is -2.21. The molecule has 0 unspecified atom stereocenters. The Morgan fingerprint density at radius 1 is 0.714 bits per heavy atom. The van der Waals surface area contributed by atoms with Crippen LogP contribution in [0.5, 0.6) is 0 Å². The number of hydrogen-bond acceptors (Lipinski definition) is 5. The van der Waals surface area contributed by atoms with Gasteiger partial charge in [-0.05, 0) is 58.7 Å². The van der Waals surface area contributed by atoms with Crippen molar-refractivity contribution < 1.29 is 4.74 Å². The quantitative estimate of drug-likeness (QED) is 0.263. The van der Waals surface area contributed by atoms with Gasteiger partial charge in [-0.3, -0.25) is 0 Å². The Balaban J connectivity index is 2.30. The van der Waals surface area contributed by atoms with Crippen LogP contribution in [0.25, 0.3) is 11.1 Å². The van der Waals surface area contributed by atoms with E-state index in [-0.39, 0.29) is 22.0 Å². The van der Waals surface area contributed by atoms with Crippen molar-refractivity contribution in [2.45, 2.75) is 41.5 Å². The molecule has 2 aromatic rings. The molecule has 0 bridgehead atoms. The molecule has 42 heavy (non-hydrogen) atoms. The van der Waals surface area contributed by atoms with Gasteiger partial charge in [-0.1, -0.05) is 90.1 Å². The fourth-order valence-electron chi connectivity index (χ4n) is 4.23. The van der Waals surface area contributed by atoms with Crippen molar-refractivity contribution >= 4 is 16.8 Å². The van der Waals surface area contributed by atoms with Crippen LogP contribution in [0.4, 0.5) is 5.69 Å². The molecular weight excluding hydrogens is 516 g/mol. The molecule has 0 atom stereocenters. The van der Waals surface area contributed by atoms with Crippen LogP contribution in [0, 0.1) is 44.8 Å². The lowest BCUT2D eigenvalue weighted by atomic mass is 9.86. The monoisotopic (exact) mass is 554 g/mol. The number of rotatable bonds is 6. The second-order valence-electron chi connectivity index (χ2n) is 12.4. The highest BCUT2D eigenvalue weighted by molar-refractivity contribution is 5.90. The SMILES string of the molecule is CN(C)c1ccc(/C(C=C2C=C(C(C)(C)C)OC(C(C)(C)C)=C2)=C/C=C(\C#N)C(=C(C#N)C#N)c2ccccc2)cc1. The molecule has 5 heteroatoms. The molecule has 0 amide bonds. The first kappa shape index (κ1) is 31.5. The van der Waals surface area contributed by atoms with Crippen molar-refractivity contribution in [3.63, 3.8) is 0 Å². The summed E-state index contributed by atoms with van der Waals surface area (Å²) < 4.78 is 6.36. The average molecular weight is 555 g/mol. The summed E-state index contributed by atoms with van der Waals surface area (Å²) in [6.45, 7) is 12.8. The third-order valence-electron chi connectivity index (χ3n) is 6.69. The van der Waals surface area contributed by atoms with E-state index in [0.717, 1.165) is 33.9 Å². The first-order valence-electron chi connectivity index (χ1n) is 13.8. The molecule has 1 aliphatic rings. The van der Waals surface area contributed by atoms with Crippen LogP contribution in [-0.2, 0) is 4.74 Å². The number of anilines is 1. The minimum Gasteiger partial charge on any atom is -0.465 e. The van der Waals surface area contributed by atoms with E-state index in [0.29, 0.717) is 11.1 Å². The Bertz CT molecular complexity index is 1580. The van der Waals surface area contributed by atoms with Gasteiger partial charge in [0.25, 0.3) is 0 Å². The van der Waals surface area contributed by atoms with Crippen LogP contribution < -0.4 is 4.90 Å². The van der Waals surface area contributed by atoms with Crippen molar-refractivity contribution in [3.05, 3.63) is 124 Å². The van der Waals surface area contributed by atoms with Gasteiger partial charge in [0, 0.05) is 36.2 Å². The lowest BCUT2D eigenvalue weighted by Gasteiger charge is -2.32. The van der Waals surface area contributed by atoms with Crippen molar-refractivity contribution in [1.29, 1.82) is 15.8 Å². The van der Waals surface area contributed by atoms with Crippen LogP contribution >= 0.6 is 0 Å². The maximum Gasteiger partial charge on any atom is 0.138 e. The Morgan fingerprint density at radius 2 is 1.26 bits per heavy atom. The molecular formula is C37H38N4O. The Hall–Kier alpha value is -5.05.